The van der Waals surface area contributed by atoms with Gasteiger partial charge >= 0.3 is 5.97 Å². The monoisotopic (exact) mass is 370 g/mol. The van der Waals surface area contributed by atoms with Crippen LogP contribution >= 0.6 is 0 Å². The molecule has 2 rings (SSSR count). The molecule has 0 aliphatic rings. The number of ether oxygens (including phenoxy) is 1. The summed E-state index contributed by atoms with van der Waals surface area (Å²) in [4.78, 5) is 29.8. The maximum Gasteiger partial charge on any atom is 0.363 e. The number of aryl methyl sites for hydroxylation is 1. The van der Waals surface area contributed by atoms with Crippen LogP contribution in [0, 0.1) is 0 Å². The van der Waals surface area contributed by atoms with Gasteiger partial charge in [-0.15, -0.1) is 0 Å². The van der Waals surface area contributed by atoms with Gasteiger partial charge in [0.05, 0.1) is 12.2 Å². The Hall–Kier alpha value is -2.86. The fourth-order valence-electron chi connectivity index (χ4n) is 2.66. The Balaban J connectivity index is 1.87. The van der Waals surface area contributed by atoms with E-state index >= 15 is 0 Å². The number of hydrogen-bond acceptors (Lipinski definition) is 5. The van der Waals surface area contributed by atoms with Gasteiger partial charge in [0.1, 0.15) is 5.75 Å². The quantitative estimate of drug-likeness (QED) is 0.572. The third-order valence-electron chi connectivity index (χ3n) is 3.78. The maximum absolute atomic E-state index is 12.1. The largest absolute Gasteiger partial charge is 0.494 e. The van der Waals surface area contributed by atoms with Crippen LogP contribution < -0.4 is 10.2 Å². The lowest BCUT2D eigenvalue weighted by atomic mass is 10.0. The maximum atomic E-state index is 12.1. The van der Waals surface area contributed by atoms with Crippen LogP contribution in [0.3, 0.4) is 0 Å². The number of hydroxylamine groups is 1. The molecule has 1 amide bonds. The highest BCUT2D eigenvalue weighted by atomic mass is 16.7. The van der Waals surface area contributed by atoms with Crippen molar-refractivity contribution in [3.05, 3.63) is 65.2 Å². The molecule has 1 N–H and O–H groups in total. The molecule has 0 radical (unpaired) electrons. The first-order valence-electron chi connectivity index (χ1n) is 8.88. The van der Waals surface area contributed by atoms with E-state index in [9.17, 15) is 9.59 Å². The first kappa shape index (κ1) is 20.5. The number of carbonyl (C=O) groups is 2. The molecule has 0 saturated carbocycles. The van der Waals surface area contributed by atoms with E-state index in [1.807, 2.05) is 44.4 Å². The van der Waals surface area contributed by atoms with Gasteiger partial charge in [0.2, 0.25) is 5.91 Å². The highest BCUT2D eigenvalue weighted by molar-refractivity contribution is 5.91. The average Bonchev–Trinajstić information content (AvgIpc) is 2.63. The summed E-state index contributed by atoms with van der Waals surface area (Å²) >= 11 is 0. The van der Waals surface area contributed by atoms with Crippen LogP contribution in [0.4, 0.5) is 0 Å². The summed E-state index contributed by atoms with van der Waals surface area (Å²) in [5.74, 6) is -0.156. The molecule has 27 heavy (non-hydrogen) atoms. The van der Waals surface area contributed by atoms with E-state index in [2.05, 4.69) is 16.4 Å². The van der Waals surface area contributed by atoms with Crippen LogP contribution in [0.2, 0.25) is 0 Å². The standard InChI is InChI=1S/C21H26N2O4/c1-16(24)22-27-21(25)20-12-5-4-9-18(20)10-7-13-26-19-11-6-8-17(14-19)15-23(2)3/h4-6,8-9,11-12,14H,7,10,13,15H2,1-3H3,(H,22,24). The van der Waals surface area contributed by atoms with Crippen molar-refractivity contribution < 1.29 is 19.2 Å². The Morgan fingerprint density at radius 3 is 2.59 bits per heavy atom. The van der Waals surface area contributed by atoms with Crippen LogP contribution in [-0.4, -0.2) is 37.5 Å². The van der Waals surface area contributed by atoms with Crippen molar-refractivity contribution in [2.24, 2.45) is 0 Å². The third-order valence-corrected chi connectivity index (χ3v) is 3.78. The summed E-state index contributed by atoms with van der Waals surface area (Å²) in [5.41, 5.74) is 4.56. The van der Waals surface area contributed by atoms with Gasteiger partial charge in [0, 0.05) is 13.5 Å². The second kappa shape index (κ2) is 10.3. The smallest absolute Gasteiger partial charge is 0.363 e. The van der Waals surface area contributed by atoms with Gasteiger partial charge in [0.15, 0.2) is 0 Å². The molecular weight excluding hydrogens is 344 g/mol. The van der Waals surface area contributed by atoms with Crippen LogP contribution in [-0.2, 0) is 22.6 Å². The molecule has 0 atom stereocenters. The number of rotatable bonds is 8. The second-order valence-electron chi connectivity index (χ2n) is 6.54. The molecule has 0 bridgehead atoms. The van der Waals surface area contributed by atoms with E-state index in [0.717, 1.165) is 24.3 Å². The topological polar surface area (TPSA) is 67.9 Å². The minimum absolute atomic E-state index is 0.425. The molecule has 144 valence electrons. The molecule has 0 fully saturated rings. The molecular formula is C21H26N2O4. The Labute approximate surface area is 160 Å². The van der Waals surface area contributed by atoms with Gasteiger partial charge in [0.25, 0.3) is 0 Å². The average molecular weight is 370 g/mol. The Kier molecular flexibility index (Phi) is 7.82. The number of carbonyl (C=O) groups excluding carboxylic acids is 2. The molecule has 6 nitrogen and oxygen atoms in total. The highest BCUT2D eigenvalue weighted by Crippen LogP contribution is 2.16. The summed E-state index contributed by atoms with van der Waals surface area (Å²) in [6, 6.07) is 15.2. The van der Waals surface area contributed by atoms with Gasteiger partial charge in [-0.2, -0.15) is 5.48 Å². The highest BCUT2D eigenvalue weighted by Gasteiger charge is 2.13. The van der Waals surface area contributed by atoms with E-state index < -0.39 is 11.9 Å². The third kappa shape index (κ3) is 7.11. The lowest BCUT2D eigenvalue weighted by molar-refractivity contribution is -0.127. The number of hydrogen-bond donors (Lipinski definition) is 1. The molecule has 0 saturated heterocycles. The fourth-order valence-corrected chi connectivity index (χ4v) is 2.66. The van der Waals surface area contributed by atoms with E-state index in [4.69, 9.17) is 9.57 Å². The molecule has 6 heteroatoms. The molecule has 0 heterocycles. The van der Waals surface area contributed by atoms with Gasteiger partial charge in [-0.25, -0.2) is 4.79 Å². The van der Waals surface area contributed by atoms with Crippen molar-refractivity contribution >= 4 is 11.9 Å². The van der Waals surface area contributed by atoms with E-state index in [1.165, 1.54) is 12.5 Å². The Morgan fingerprint density at radius 1 is 1.07 bits per heavy atom. The van der Waals surface area contributed by atoms with Crippen LogP contribution in [0.15, 0.2) is 48.5 Å². The van der Waals surface area contributed by atoms with E-state index in [0.29, 0.717) is 18.6 Å². The van der Waals surface area contributed by atoms with Gasteiger partial charge in [-0.1, -0.05) is 30.3 Å². The molecule has 0 aromatic heterocycles. The zero-order valence-electron chi connectivity index (χ0n) is 16.0. The molecule has 0 unspecified atom stereocenters. The fraction of sp³-hybridized carbons (Fsp3) is 0.333. The van der Waals surface area contributed by atoms with Crippen LogP contribution in [0.5, 0.6) is 5.75 Å². The summed E-state index contributed by atoms with van der Waals surface area (Å²) < 4.78 is 5.84. The van der Waals surface area contributed by atoms with Crippen molar-refractivity contribution in [3.8, 4) is 5.75 Å². The first-order valence-corrected chi connectivity index (χ1v) is 8.88. The zero-order chi connectivity index (χ0) is 19.6. The SMILES string of the molecule is CC(=O)NOC(=O)c1ccccc1CCCOc1cccc(CN(C)C)c1. The predicted molar refractivity (Wildman–Crippen MR) is 103 cm³/mol. The Morgan fingerprint density at radius 2 is 1.85 bits per heavy atom. The van der Waals surface area contributed by atoms with Gasteiger partial charge in [-0.05, 0) is 56.3 Å². The summed E-state index contributed by atoms with van der Waals surface area (Å²) in [6.45, 7) is 2.69. The second-order valence-corrected chi connectivity index (χ2v) is 6.54. The molecule has 0 spiro atoms. The van der Waals surface area contributed by atoms with Crippen molar-refractivity contribution in [2.75, 3.05) is 20.7 Å². The summed E-state index contributed by atoms with van der Waals surface area (Å²) in [7, 11) is 4.06. The molecule has 0 aliphatic carbocycles. The van der Waals surface area contributed by atoms with Crippen molar-refractivity contribution in [1.82, 2.24) is 10.4 Å². The minimum Gasteiger partial charge on any atom is -0.494 e. The van der Waals surface area contributed by atoms with Gasteiger partial charge in [-0.3, -0.25) is 4.79 Å². The number of nitrogens with one attached hydrogen (secondary N) is 1. The zero-order valence-corrected chi connectivity index (χ0v) is 16.0. The van der Waals surface area contributed by atoms with Gasteiger partial charge < -0.3 is 14.5 Å². The lowest BCUT2D eigenvalue weighted by Gasteiger charge is -2.12. The normalized spacial score (nSPS) is 10.5. The molecule has 2 aromatic rings. The number of nitrogens with zero attached hydrogens (tertiary/aromatic N) is 1. The van der Waals surface area contributed by atoms with E-state index in [1.54, 1.807) is 12.1 Å². The lowest BCUT2D eigenvalue weighted by Crippen LogP contribution is -2.25. The van der Waals surface area contributed by atoms with E-state index in [-0.39, 0.29) is 0 Å². The van der Waals surface area contributed by atoms with Crippen molar-refractivity contribution in [2.45, 2.75) is 26.3 Å². The minimum atomic E-state index is -0.571. The van der Waals surface area contributed by atoms with Crippen LogP contribution in [0.25, 0.3) is 0 Å². The summed E-state index contributed by atoms with van der Waals surface area (Å²) in [6.07, 6.45) is 1.42. The molecule has 0 aliphatic heterocycles. The summed E-state index contributed by atoms with van der Waals surface area (Å²) in [5, 5.41) is 0. The van der Waals surface area contributed by atoms with Crippen molar-refractivity contribution in [3.63, 3.8) is 0 Å². The van der Waals surface area contributed by atoms with Crippen molar-refractivity contribution in [1.29, 1.82) is 0 Å². The number of amides is 1. The number of benzene rings is 2. The Bertz CT molecular complexity index is 774. The predicted octanol–water partition coefficient (Wildman–Crippen LogP) is 2.97. The molecule has 2 aromatic carbocycles. The van der Waals surface area contributed by atoms with Crippen LogP contribution in [0.1, 0.15) is 34.8 Å². The first-order chi connectivity index (χ1) is 13.0.